The number of benzene rings is 1. The highest BCUT2D eigenvalue weighted by Gasteiger charge is 2.12. The molecule has 0 aromatic heterocycles. The maximum absolute atomic E-state index is 11.9. The monoisotopic (exact) mass is 299 g/mol. The minimum Gasteiger partial charge on any atom is -0.493 e. The quantitative estimate of drug-likeness (QED) is 0.818. The van der Waals surface area contributed by atoms with Crippen LogP contribution in [0.4, 0.5) is 0 Å². The number of carbonyl (C=O) groups is 1. The van der Waals surface area contributed by atoms with Crippen molar-refractivity contribution in [3.8, 4) is 5.75 Å². The number of hydrogen-bond acceptors (Lipinski definition) is 2. The topological polar surface area (TPSA) is 38.3 Å². The molecule has 1 aromatic carbocycles. The van der Waals surface area contributed by atoms with E-state index < -0.39 is 0 Å². The molecule has 1 amide bonds. The summed E-state index contributed by atoms with van der Waals surface area (Å²) >= 11 is 3.37. The summed E-state index contributed by atoms with van der Waals surface area (Å²) in [5, 5.41) is 2.88. The van der Waals surface area contributed by atoms with Crippen molar-refractivity contribution in [2.75, 3.05) is 13.2 Å². The second kappa shape index (κ2) is 7.33. The Labute approximate surface area is 111 Å². The van der Waals surface area contributed by atoms with Crippen LogP contribution in [0.25, 0.3) is 0 Å². The summed E-state index contributed by atoms with van der Waals surface area (Å²) in [5.74, 6) is 0.547. The molecule has 0 fully saturated rings. The van der Waals surface area contributed by atoms with Crippen LogP contribution >= 0.6 is 15.9 Å². The Bertz CT molecular complexity index is 380. The van der Waals surface area contributed by atoms with Crippen molar-refractivity contribution in [3.63, 3.8) is 0 Å². The highest BCUT2D eigenvalue weighted by atomic mass is 79.9. The molecular weight excluding hydrogens is 282 g/mol. The van der Waals surface area contributed by atoms with E-state index in [2.05, 4.69) is 28.2 Å². The first-order chi connectivity index (χ1) is 8.19. The predicted molar refractivity (Wildman–Crippen MR) is 72.6 cm³/mol. The van der Waals surface area contributed by atoms with Crippen LogP contribution in [0.3, 0.4) is 0 Å². The standard InChI is InChI=1S/C13H18BrNO2/c1-3-5-8-15-13(16)11-7-6-10(14)9-12(11)17-4-2/h6-7,9H,3-5,8H2,1-2H3,(H,15,16). The molecule has 0 radical (unpaired) electrons. The maximum atomic E-state index is 11.9. The summed E-state index contributed by atoms with van der Waals surface area (Å²) in [6.45, 7) is 5.25. The van der Waals surface area contributed by atoms with Gasteiger partial charge in [0.25, 0.3) is 5.91 Å². The number of hydrogen-bond donors (Lipinski definition) is 1. The number of amides is 1. The average Bonchev–Trinajstić information content (AvgIpc) is 2.30. The average molecular weight is 300 g/mol. The van der Waals surface area contributed by atoms with Gasteiger partial charge in [0, 0.05) is 11.0 Å². The van der Waals surface area contributed by atoms with Crippen LogP contribution in [0.5, 0.6) is 5.75 Å². The molecule has 0 atom stereocenters. The normalized spacial score (nSPS) is 10.1. The van der Waals surface area contributed by atoms with E-state index >= 15 is 0 Å². The Morgan fingerprint density at radius 2 is 2.18 bits per heavy atom. The molecule has 1 aromatic rings. The molecule has 0 aliphatic rings. The van der Waals surface area contributed by atoms with Gasteiger partial charge in [-0.25, -0.2) is 0 Å². The smallest absolute Gasteiger partial charge is 0.255 e. The zero-order valence-corrected chi connectivity index (χ0v) is 11.8. The molecule has 1 N–H and O–H groups in total. The van der Waals surface area contributed by atoms with Crippen LogP contribution in [-0.2, 0) is 0 Å². The van der Waals surface area contributed by atoms with Gasteiger partial charge in [0.1, 0.15) is 5.75 Å². The molecule has 3 nitrogen and oxygen atoms in total. The molecule has 1 rings (SSSR count). The number of nitrogens with one attached hydrogen (secondary N) is 1. The molecular formula is C13H18BrNO2. The molecule has 0 bridgehead atoms. The molecule has 0 spiro atoms. The SMILES string of the molecule is CCCCNC(=O)c1ccc(Br)cc1OCC. The van der Waals surface area contributed by atoms with E-state index in [4.69, 9.17) is 4.74 Å². The van der Waals surface area contributed by atoms with Crippen LogP contribution in [0.2, 0.25) is 0 Å². The number of ether oxygens (including phenoxy) is 1. The summed E-state index contributed by atoms with van der Waals surface area (Å²) < 4.78 is 6.36. The predicted octanol–water partition coefficient (Wildman–Crippen LogP) is 3.38. The molecule has 94 valence electrons. The fraction of sp³-hybridized carbons (Fsp3) is 0.462. The van der Waals surface area contributed by atoms with E-state index in [-0.39, 0.29) is 5.91 Å². The zero-order valence-electron chi connectivity index (χ0n) is 10.3. The third-order valence-electron chi connectivity index (χ3n) is 2.30. The number of unbranched alkanes of at least 4 members (excludes halogenated alkanes) is 1. The Kier molecular flexibility index (Phi) is 6.05. The van der Waals surface area contributed by atoms with Gasteiger partial charge in [0.05, 0.1) is 12.2 Å². The van der Waals surface area contributed by atoms with Crippen LogP contribution in [0.15, 0.2) is 22.7 Å². The lowest BCUT2D eigenvalue weighted by Crippen LogP contribution is -2.24. The Morgan fingerprint density at radius 3 is 2.82 bits per heavy atom. The summed E-state index contributed by atoms with van der Waals surface area (Å²) in [7, 11) is 0. The molecule has 0 saturated carbocycles. The van der Waals surface area contributed by atoms with Gasteiger partial charge in [-0.3, -0.25) is 4.79 Å². The molecule has 0 heterocycles. The van der Waals surface area contributed by atoms with Gasteiger partial charge in [-0.05, 0) is 31.5 Å². The van der Waals surface area contributed by atoms with Gasteiger partial charge in [0.2, 0.25) is 0 Å². The summed E-state index contributed by atoms with van der Waals surface area (Å²) in [4.78, 5) is 11.9. The Hall–Kier alpha value is -1.03. The third-order valence-corrected chi connectivity index (χ3v) is 2.80. The van der Waals surface area contributed by atoms with Crippen molar-refractivity contribution in [2.45, 2.75) is 26.7 Å². The van der Waals surface area contributed by atoms with Crippen molar-refractivity contribution >= 4 is 21.8 Å². The largest absolute Gasteiger partial charge is 0.493 e. The zero-order chi connectivity index (χ0) is 12.7. The summed E-state index contributed by atoms with van der Waals surface area (Å²) in [6, 6.07) is 5.44. The molecule has 17 heavy (non-hydrogen) atoms. The van der Waals surface area contributed by atoms with Crippen molar-refractivity contribution in [1.82, 2.24) is 5.32 Å². The van der Waals surface area contributed by atoms with Crippen molar-refractivity contribution < 1.29 is 9.53 Å². The second-order valence-corrected chi connectivity index (χ2v) is 4.60. The highest BCUT2D eigenvalue weighted by Crippen LogP contribution is 2.23. The van der Waals surface area contributed by atoms with Gasteiger partial charge in [-0.1, -0.05) is 29.3 Å². The molecule has 4 heteroatoms. The van der Waals surface area contributed by atoms with E-state index in [0.717, 1.165) is 17.3 Å². The van der Waals surface area contributed by atoms with E-state index in [1.165, 1.54) is 0 Å². The molecule has 0 unspecified atom stereocenters. The minimum absolute atomic E-state index is 0.0746. The lowest BCUT2D eigenvalue weighted by Gasteiger charge is -2.10. The maximum Gasteiger partial charge on any atom is 0.255 e. The minimum atomic E-state index is -0.0746. The van der Waals surface area contributed by atoms with Crippen molar-refractivity contribution in [1.29, 1.82) is 0 Å². The van der Waals surface area contributed by atoms with Crippen LogP contribution in [0.1, 0.15) is 37.0 Å². The summed E-state index contributed by atoms with van der Waals surface area (Å²) in [6.07, 6.45) is 2.06. The number of halogens is 1. The molecule has 0 aliphatic heterocycles. The first-order valence-corrected chi connectivity index (χ1v) is 6.68. The lowest BCUT2D eigenvalue weighted by molar-refractivity contribution is 0.0949. The summed E-state index contributed by atoms with van der Waals surface area (Å²) in [5.41, 5.74) is 0.589. The van der Waals surface area contributed by atoms with Crippen molar-refractivity contribution in [2.24, 2.45) is 0 Å². The van der Waals surface area contributed by atoms with Crippen molar-refractivity contribution in [3.05, 3.63) is 28.2 Å². The van der Waals surface area contributed by atoms with E-state index in [9.17, 15) is 4.79 Å². The number of carbonyl (C=O) groups excluding carboxylic acids is 1. The Balaban J connectivity index is 2.77. The van der Waals surface area contributed by atoms with Gasteiger partial charge in [-0.2, -0.15) is 0 Å². The fourth-order valence-electron chi connectivity index (χ4n) is 1.43. The lowest BCUT2D eigenvalue weighted by atomic mass is 10.2. The van der Waals surface area contributed by atoms with Gasteiger partial charge in [-0.15, -0.1) is 0 Å². The first-order valence-electron chi connectivity index (χ1n) is 5.89. The Morgan fingerprint density at radius 1 is 1.41 bits per heavy atom. The third kappa shape index (κ3) is 4.38. The number of rotatable bonds is 6. The first kappa shape index (κ1) is 14.0. The molecule has 0 aliphatic carbocycles. The van der Waals surface area contributed by atoms with Crippen LogP contribution in [0, 0.1) is 0 Å². The highest BCUT2D eigenvalue weighted by molar-refractivity contribution is 9.10. The fourth-order valence-corrected chi connectivity index (χ4v) is 1.77. The van der Waals surface area contributed by atoms with Crippen LogP contribution < -0.4 is 10.1 Å². The van der Waals surface area contributed by atoms with Gasteiger partial charge >= 0.3 is 0 Å². The van der Waals surface area contributed by atoms with E-state index in [1.54, 1.807) is 6.07 Å². The van der Waals surface area contributed by atoms with E-state index in [1.807, 2.05) is 19.1 Å². The molecule has 0 saturated heterocycles. The van der Waals surface area contributed by atoms with Crippen LogP contribution in [-0.4, -0.2) is 19.1 Å². The van der Waals surface area contributed by atoms with Gasteiger partial charge in [0.15, 0.2) is 0 Å². The van der Waals surface area contributed by atoms with Gasteiger partial charge < -0.3 is 10.1 Å². The van der Waals surface area contributed by atoms with E-state index in [0.29, 0.717) is 24.5 Å². The second-order valence-electron chi connectivity index (χ2n) is 3.68.